The van der Waals surface area contributed by atoms with Crippen molar-refractivity contribution in [1.82, 2.24) is 4.90 Å². The van der Waals surface area contributed by atoms with Crippen molar-refractivity contribution >= 4 is 5.97 Å². The minimum Gasteiger partial charge on any atom is -0.481 e. The molecule has 2 heterocycles. The molecule has 3 unspecified atom stereocenters. The first-order chi connectivity index (χ1) is 7.86. The van der Waals surface area contributed by atoms with Crippen LogP contribution in [0.2, 0.25) is 0 Å². The van der Waals surface area contributed by atoms with Crippen LogP contribution in [-0.2, 0) is 9.53 Å². The second kappa shape index (κ2) is 4.45. The summed E-state index contributed by atoms with van der Waals surface area (Å²) in [4.78, 5) is 12.2. The maximum Gasteiger partial charge on any atom is 0.403 e. The van der Waals surface area contributed by atoms with Crippen molar-refractivity contribution in [2.24, 2.45) is 5.92 Å². The Kier molecular flexibility index (Phi) is 3.31. The fourth-order valence-corrected chi connectivity index (χ4v) is 2.43. The minimum absolute atomic E-state index is 0.0311. The number of ether oxygens (including phenoxy) is 1. The average molecular weight is 253 g/mol. The molecule has 0 saturated carbocycles. The molecule has 0 aromatic rings. The first-order valence-electron chi connectivity index (χ1n) is 5.53. The molecule has 4 nitrogen and oxygen atoms in total. The molecule has 0 aromatic heterocycles. The molecule has 0 spiro atoms. The Morgan fingerprint density at radius 3 is 2.29 bits per heavy atom. The number of rotatable bonds is 3. The van der Waals surface area contributed by atoms with Crippen LogP contribution in [0.3, 0.4) is 0 Å². The molecule has 0 radical (unpaired) electrons. The van der Waals surface area contributed by atoms with Crippen LogP contribution < -0.4 is 0 Å². The van der Waals surface area contributed by atoms with Gasteiger partial charge >= 0.3 is 12.1 Å². The smallest absolute Gasteiger partial charge is 0.403 e. The van der Waals surface area contributed by atoms with E-state index in [4.69, 9.17) is 9.84 Å². The number of carboxylic acids is 1. The number of aliphatic carboxylic acids is 1. The molecule has 2 bridgehead atoms. The second-order valence-electron chi connectivity index (χ2n) is 4.61. The number of halogens is 3. The molecule has 3 atom stereocenters. The molecule has 98 valence electrons. The van der Waals surface area contributed by atoms with Crippen molar-refractivity contribution in [3.63, 3.8) is 0 Å². The van der Waals surface area contributed by atoms with E-state index in [2.05, 4.69) is 0 Å². The summed E-state index contributed by atoms with van der Waals surface area (Å²) in [6.07, 6.45) is -3.05. The van der Waals surface area contributed by atoms with Gasteiger partial charge in [0.25, 0.3) is 0 Å². The van der Waals surface area contributed by atoms with Gasteiger partial charge in [0.1, 0.15) is 0 Å². The van der Waals surface area contributed by atoms with Crippen molar-refractivity contribution in [3.05, 3.63) is 0 Å². The summed E-state index contributed by atoms with van der Waals surface area (Å²) in [7, 11) is 0. The van der Waals surface area contributed by atoms with Crippen molar-refractivity contribution in [2.45, 2.75) is 31.2 Å². The molecule has 0 amide bonds. The lowest BCUT2D eigenvalue weighted by molar-refractivity contribution is -0.199. The highest BCUT2D eigenvalue weighted by Crippen LogP contribution is 2.31. The van der Waals surface area contributed by atoms with Gasteiger partial charge in [0, 0.05) is 19.6 Å². The third-order valence-corrected chi connectivity index (χ3v) is 3.25. The number of carbonyl (C=O) groups is 1. The van der Waals surface area contributed by atoms with E-state index in [0.29, 0.717) is 13.1 Å². The van der Waals surface area contributed by atoms with Gasteiger partial charge in [-0.1, -0.05) is 0 Å². The highest BCUT2D eigenvalue weighted by molar-refractivity contribution is 5.71. The summed E-state index contributed by atoms with van der Waals surface area (Å²) in [5.41, 5.74) is 0. The van der Waals surface area contributed by atoms with Gasteiger partial charge in [-0.25, -0.2) is 0 Å². The van der Waals surface area contributed by atoms with Crippen LogP contribution in [0.25, 0.3) is 0 Å². The number of alkyl halides is 3. The van der Waals surface area contributed by atoms with E-state index in [9.17, 15) is 18.0 Å². The molecule has 2 saturated heterocycles. The van der Waals surface area contributed by atoms with Crippen LogP contribution >= 0.6 is 0 Å². The maximum atomic E-state index is 12.5. The summed E-state index contributed by atoms with van der Waals surface area (Å²) in [5, 5.41) is 8.61. The second-order valence-corrected chi connectivity index (χ2v) is 4.61. The number of carboxylic acid groups (broad SMARTS) is 1. The molecular formula is C10H14F3NO3. The van der Waals surface area contributed by atoms with Crippen LogP contribution in [0, 0.1) is 5.92 Å². The van der Waals surface area contributed by atoms with Gasteiger partial charge in [-0.05, 0) is 12.8 Å². The number of hydrogen-bond donors (Lipinski definition) is 1. The Morgan fingerprint density at radius 1 is 1.35 bits per heavy atom. The Hall–Kier alpha value is -0.820. The Morgan fingerprint density at radius 2 is 1.88 bits per heavy atom. The summed E-state index contributed by atoms with van der Waals surface area (Å²) in [5.74, 6) is -4.11. The largest absolute Gasteiger partial charge is 0.481 e. The molecule has 2 aliphatic heterocycles. The molecule has 0 aliphatic carbocycles. The Bertz CT molecular complexity index is 296. The zero-order valence-electron chi connectivity index (χ0n) is 9.11. The maximum absolute atomic E-state index is 12.5. The number of morpholine rings is 1. The lowest BCUT2D eigenvalue weighted by Gasteiger charge is -2.33. The number of nitrogens with zero attached hydrogens (tertiary/aromatic N) is 1. The van der Waals surface area contributed by atoms with Gasteiger partial charge in [0.05, 0.1) is 12.2 Å². The van der Waals surface area contributed by atoms with E-state index >= 15 is 0 Å². The molecule has 2 rings (SSSR count). The first kappa shape index (κ1) is 12.6. The van der Waals surface area contributed by atoms with E-state index in [1.165, 1.54) is 0 Å². The lowest BCUT2D eigenvalue weighted by atomic mass is 10.1. The van der Waals surface area contributed by atoms with Gasteiger partial charge in [0.2, 0.25) is 0 Å². The highest BCUT2D eigenvalue weighted by atomic mass is 19.4. The first-order valence-corrected chi connectivity index (χ1v) is 5.53. The Labute approximate surface area is 96.3 Å². The van der Waals surface area contributed by atoms with Gasteiger partial charge in [-0.3, -0.25) is 9.69 Å². The van der Waals surface area contributed by atoms with E-state index in [1.807, 2.05) is 0 Å². The summed E-state index contributed by atoms with van der Waals surface area (Å²) >= 11 is 0. The predicted molar refractivity (Wildman–Crippen MR) is 51.5 cm³/mol. The summed E-state index contributed by atoms with van der Waals surface area (Å²) in [6.45, 7) is 0.321. The van der Waals surface area contributed by atoms with Gasteiger partial charge in [0.15, 0.2) is 5.92 Å². The van der Waals surface area contributed by atoms with Crippen molar-refractivity contribution in [2.75, 3.05) is 19.6 Å². The topological polar surface area (TPSA) is 49.8 Å². The number of likely N-dealkylation sites (tertiary alicyclic amines) is 1. The monoisotopic (exact) mass is 253 g/mol. The average Bonchev–Trinajstić information content (AvgIpc) is 2.52. The van der Waals surface area contributed by atoms with Gasteiger partial charge in [-0.2, -0.15) is 13.2 Å². The third kappa shape index (κ3) is 2.90. The van der Waals surface area contributed by atoms with E-state index in [0.717, 1.165) is 12.8 Å². The highest BCUT2D eigenvalue weighted by Gasteiger charge is 2.47. The van der Waals surface area contributed by atoms with Crippen molar-refractivity contribution in [3.8, 4) is 0 Å². The summed E-state index contributed by atoms with van der Waals surface area (Å²) < 4.78 is 43.0. The minimum atomic E-state index is -4.69. The van der Waals surface area contributed by atoms with Crippen LogP contribution in [0.15, 0.2) is 0 Å². The summed E-state index contributed by atoms with van der Waals surface area (Å²) in [6, 6.07) is 0. The van der Waals surface area contributed by atoms with Gasteiger partial charge < -0.3 is 9.84 Å². The van der Waals surface area contributed by atoms with Gasteiger partial charge in [-0.15, -0.1) is 0 Å². The van der Waals surface area contributed by atoms with Crippen molar-refractivity contribution < 1.29 is 27.8 Å². The zero-order valence-corrected chi connectivity index (χ0v) is 9.11. The molecule has 7 heteroatoms. The number of hydrogen-bond acceptors (Lipinski definition) is 3. The van der Waals surface area contributed by atoms with E-state index < -0.39 is 24.6 Å². The van der Waals surface area contributed by atoms with E-state index in [1.54, 1.807) is 4.90 Å². The lowest BCUT2D eigenvalue weighted by Crippen LogP contribution is -2.48. The Balaban J connectivity index is 1.97. The fourth-order valence-electron chi connectivity index (χ4n) is 2.43. The number of fused-ring (bicyclic) bond motifs is 2. The van der Waals surface area contributed by atoms with Crippen LogP contribution in [0.4, 0.5) is 13.2 Å². The predicted octanol–water partition coefficient (Wildman–Crippen LogP) is 1.11. The van der Waals surface area contributed by atoms with Crippen LogP contribution in [-0.4, -0.2) is 54.0 Å². The SMILES string of the molecule is O=C(O)C(CN1CC2CCC(C1)O2)C(F)(F)F. The molecule has 17 heavy (non-hydrogen) atoms. The van der Waals surface area contributed by atoms with E-state index in [-0.39, 0.29) is 12.2 Å². The quantitative estimate of drug-likeness (QED) is 0.818. The molecular weight excluding hydrogens is 239 g/mol. The molecule has 0 aromatic carbocycles. The fraction of sp³-hybridized carbons (Fsp3) is 0.900. The third-order valence-electron chi connectivity index (χ3n) is 3.25. The van der Waals surface area contributed by atoms with Crippen LogP contribution in [0.1, 0.15) is 12.8 Å². The van der Waals surface area contributed by atoms with Crippen LogP contribution in [0.5, 0.6) is 0 Å². The standard InChI is InChI=1S/C10H14F3NO3/c11-10(12,13)8(9(15)16)5-14-3-6-1-2-7(4-14)17-6/h6-8H,1-5H2,(H,15,16). The molecule has 2 fully saturated rings. The molecule has 2 aliphatic rings. The van der Waals surface area contributed by atoms with Crippen molar-refractivity contribution in [1.29, 1.82) is 0 Å². The molecule has 1 N–H and O–H groups in total. The zero-order chi connectivity index (χ0) is 12.6. The normalized spacial score (nSPS) is 31.5.